The van der Waals surface area contributed by atoms with E-state index in [1.54, 1.807) is 18.3 Å². The first kappa shape index (κ1) is 13.4. The number of carbonyl (C=O) groups excluding carboxylic acids is 2. The first-order valence-corrected chi connectivity index (χ1v) is 6.28. The maximum absolute atomic E-state index is 12.2. The monoisotopic (exact) mass is 255 g/mol. The average molecular weight is 255 g/mol. The highest BCUT2D eigenvalue weighted by Crippen LogP contribution is 2.23. The van der Waals surface area contributed by atoms with Gasteiger partial charge in [-0.3, -0.25) is 14.6 Å². The second kappa shape index (κ2) is 4.92. The van der Waals surface area contributed by atoms with Crippen molar-refractivity contribution in [1.29, 1.82) is 0 Å². The van der Waals surface area contributed by atoms with Crippen LogP contribution >= 0.6 is 0 Å². The highest BCUT2D eigenvalue weighted by Gasteiger charge is 2.22. The molecule has 3 nitrogen and oxygen atoms in total. The molecule has 2 rings (SSSR count). The van der Waals surface area contributed by atoms with E-state index in [0.717, 1.165) is 22.8 Å². The van der Waals surface area contributed by atoms with Crippen molar-refractivity contribution in [1.82, 2.24) is 4.98 Å². The second-order valence-corrected chi connectivity index (χ2v) is 5.72. The largest absolute Gasteiger partial charge is 0.299 e. The van der Waals surface area contributed by atoms with Crippen molar-refractivity contribution in [2.45, 2.75) is 27.2 Å². The number of aromatic nitrogens is 1. The summed E-state index contributed by atoms with van der Waals surface area (Å²) in [6.45, 7) is 5.69. The van der Waals surface area contributed by atoms with Gasteiger partial charge in [-0.05, 0) is 23.8 Å². The van der Waals surface area contributed by atoms with Crippen LogP contribution in [-0.2, 0) is 11.2 Å². The van der Waals surface area contributed by atoms with Gasteiger partial charge >= 0.3 is 0 Å². The lowest BCUT2D eigenvalue weighted by molar-refractivity contribution is -0.125. The molecule has 0 bridgehead atoms. The lowest BCUT2D eigenvalue weighted by Gasteiger charge is -2.17. The van der Waals surface area contributed by atoms with E-state index in [1.807, 2.05) is 32.9 Å². The molecule has 0 aliphatic heterocycles. The predicted molar refractivity (Wildman–Crippen MR) is 75.3 cm³/mol. The summed E-state index contributed by atoms with van der Waals surface area (Å²) in [5.74, 6) is 0.141. The van der Waals surface area contributed by atoms with Gasteiger partial charge < -0.3 is 0 Å². The molecule has 0 N–H and O–H groups in total. The molecule has 0 spiro atoms. The fourth-order valence-corrected chi connectivity index (χ4v) is 1.93. The Morgan fingerprint density at radius 2 is 2.05 bits per heavy atom. The number of Topliss-reactive ketones (excluding diaryl/α,β-unsaturated/α-hetero) is 1. The first-order chi connectivity index (χ1) is 8.91. The van der Waals surface area contributed by atoms with Gasteiger partial charge in [-0.1, -0.05) is 26.8 Å². The minimum absolute atomic E-state index is 0.141. The molecule has 0 aliphatic rings. The molecule has 0 atom stereocenters. The number of carbonyl (C=O) groups is 2. The maximum Gasteiger partial charge on any atom is 0.150 e. The van der Waals surface area contributed by atoms with Crippen molar-refractivity contribution in [3.63, 3.8) is 0 Å². The van der Waals surface area contributed by atoms with Gasteiger partial charge in [0.15, 0.2) is 0 Å². The minimum atomic E-state index is -0.391. The number of pyridine rings is 1. The number of hydrogen-bond acceptors (Lipinski definition) is 3. The first-order valence-electron chi connectivity index (χ1n) is 6.28. The number of benzene rings is 1. The van der Waals surface area contributed by atoms with Crippen molar-refractivity contribution in [3.8, 4) is 0 Å². The Morgan fingerprint density at radius 3 is 2.68 bits per heavy atom. The highest BCUT2D eigenvalue weighted by atomic mass is 16.1. The van der Waals surface area contributed by atoms with E-state index in [-0.39, 0.29) is 5.78 Å². The molecule has 0 radical (unpaired) electrons. The Hall–Kier alpha value is -2.03. The Morgan fingerprint density at radius 1 is 1.32 bits per heavy atom. The molecule has 1 aromatic heterocycles. The van der Waals surface area contributed by atoms with E-state index in [2.05, 4.69) is 4.98 Å². The van der Waals surface area contributed by atoms with Crippen LogP contribution in [0.25, 0.3) is 10.9 Å². The summed E-state index contributed by atoms with van der Waals surface area (Å²) >= 11 is 0. The maximum atomic E-state index is 12.2. The quantitative estimate of drug-likeness (QED) is 0.791. The number of rotatable bonds is 3. The predicted octanol–water partition coefficient (Wildman–Crippen LogP) is 3.21. The molecule has 3 heteroatoms. The van der Waals surface area contributed by atoms with E-state index in [0.29, 0.717) is 12.0 Å². The molecule has 0 fully saturated rings. The molecule has 1 heterocycles. The standard InChI is InChI=1S/C16H17NO2/c1-16(2,3)14(19)9-13-8-11(10-18)7-12-5-4-6-17-15(12)13/h4-8,10H,9H2,1-3H3. The Balaban J connectivity index is 2.52. The zero-order chi connectivity index (χ0) is 14.0. The molecule has 19 heavy (non-hydrogen) atoms. The fraction of sp³-hybridized carbons (Fsp3) is 0.312. The third kappa shape index (κ3) is 2.87. The third-order valence-electron chi connectivity index (χ3n) is 3.13. The van der Waals surface area contributed by atoms with E-state index in [4.69, 9.17) is 0 Å². The Bertz CT molecular complexity index is 639. The zero-order valence-electron chi connectivity index (χ0n) is 11.4. The second-order valence-electron chi connectivity index (χ2n) is 5.72. The van der Waals surface area contributed by atoms with Crippen LogP contribution in [-0.4, -0.2) is 17.1 Å². The third-order valence-corrected chi connectivity index (χ3v) is 3.13. The van der Waals surface area contributed by atoms with Gasteiger partial charge in [0.05, 0.1) is 5.52 Å². The van der Waals surface area contributed by atoms with Gasteiger partial charge in [0.25, 0.3) is 0 Å². The highest BCUT2D eigenvalue weighted by molar-refractivity contribution is 5.94. The van der Waals surface area contributed by atoms with Crippen LogP contribution < -0.4 is 0 Å². The number of fused-ring (bicyclic) bond motifs is 1. The lowest BCUT2D eigenvalue weighted by atomic mass is 9.86. The molecule has 98 valence electrons. The van der Waals surface area contributed by atoms with Gasteiger partial charge in [0.2, 0.25) is 0 Å². The molecule has 0 amide bonds. The Labute approximate surface area is 112 Å². The molecule has 0 saturated heterocycles. The number of aldehydes is 1. The van der Waals surface area contributed by atoms with Crippen LogP contribution in [0.5, 0.6) is 0 Å². The topological polar surface area (TPSA) is 47.0 Å². The van der Waals surface area contributed by atoms with Crippen molar-refractivity contribution in [2.24, 2.45) is 5.41 Å². The van der Waals surface area contributed by atoms with Gasteiger partial charge in [0, 0.05) is 29.0 Å². The van der Waals surface area contributed by atoms with Crippen LogP contribution in [0.15, 0.2) is 30.5 Å². The normalized spacial score (nSPS) is 11.5. The van der Waals surface area contributed by atoms with Crippen LogP contribution in [0.1, 0.15) is 36.7 Å². The van der Waals surface area contributed by atoms with Crippen molar-refractivity contribution < 1.29 is 9.59 Å². The van der Waals surface area contributed by atoms with Crippen molar-refractivity contribution in [3.05, 3.63) is 41.6 Å². The van der Waals surface area contributed by atoms with Crippen molar-refractivity contribution >= 4 is 23.0 Å². The molecule has 0 aliphatic carbocycles. The van der Waals surface area contributed by atoms with Gasteiger partial charge in [-0.15, -0.1) is 0 Å². The van der Waals surface area contributed by atoms with Gasteiger partial charge in [-0.25, -0.2) is 0 Å². The van der Waals surface area contributed by atoms with Gasteiger partial charge in [0.1, 0.15) is 12.1 Å². The Kier molecular flexibility index (Phi) is 3.47. The molecule has 0 saturated carbocycles. The SMILES string of the molecule is CC(C)(C)C(=O)Cc1cc(C=O)cc2cccnc12. The summed E-state index contributed by atoms with van der Waals surface area (Å²) in [6, 6.07) is 7.28. The van der Waals surface area contributed by atoms with E-state index in [9.17, 15) is 9.59 Å². The van der Waals surface area contributed by atoms with Crippen LogP contribution in [0.3, 0.4) is 0 Å². The summed E-state index contributed by atoms with van der Waals surface area (Å²) in [5.41, 5.74) is 1.81. The number of ketones is 1. The summed E-state index contributed by atoms with van der Waals surface area (Å²) in [7, 11) is 0. The van der Waals surface area contributed by atoms with E-state index >= 15 is 0 Å². The van der Waals surface area contributed by atoms with Crippen molar-refractivity contribution in [2.75, 3.05) is 0 Å². The summed E-state index contributed by atoms with van der Waals surface area (Å²) in [5, 5.41) is 0.892. The summed E-state index contributed by atoms with van der Waals surface area (Å²) in [4.78, 5) is 27.5. The minimum Gasteiger partial charge on any atom is -0.299 e. The molecular weight excluding hydrogens is 238 g/mol. The number of hydrogen-bond donors (Lipinski definition) is 0. The van der Waals surface area contributed by atoms with Crippen LogP contribution in [0.2, 0.25) is 0 Å². The smallest absolute Gasteiger partial charge is 0.150 e. The zero-order valence-corrected chi connectivity index (χ0v) is 11.4. The van der Waals surface area contributed by atoms with Gasteiger partial charge in [-0.2, -0.15) is 0 Å². The molecule has 1 aromatic carbocycles. The fourth-order valence-electron chi connectivity index (χ4n) is 1.93. The van der Waals surface area contributed by atoms with Crippen LogP contribution in [0.4, 0.5) is 0 Å². The number of nitrogens with zero attached hydrogens (tertiary/aromatic N) is 1. The summed E-state index contributed by atoms with van der Waals surface area (Å²) < 4.78 is 0. The molecule has 0 unspecified atom stereocenters. The molecule has 2 aromatic rings. The summed E-state index contributed by atoms with van der Waals surface area (Å²) in [6.07, 6.45) is 2.81. The molecular formula is C16H17NO2. The van der Waals surface area contributed by atoms with Crippen LogP contribution in [0, 0.1) is 5.41 Å². The average Bonchev–Trinajstić information content (AvgIpc) is 2.37. The van der Waals surface area contributed by atoms with E-state index in [1.165, 1.54) is 0 Å². The lowest BCUT2D eigenvalue weighted by Crippen LogP contribution is -2.22. The van der Waals surface area contributed by atoms with E-state index < -0.39 is 5.41 Å².